The fourth-order valence-electron chi connectivity index (χ4n) is 1.31. The van der Waals surface area contributed by atoms with Crippen molar-refractivity contribution in [3.63, 3.8) is 0 Å². The van der Waals surface area contributed by atoms with Gasteiger partial charge in [0.1, 0.15) is 0 Å². The molecule has 1 atom stereocenters. The van der Waals surface area contributed by atoms with E-state index in [4.69, 9.17) is 0 Å². The topological polar surface area (TPSA) is 12.0 Å². The summed E-state index contributed by atoms with van der Waals surface area (Å²) in [5, 5.41) is 3.09. The molecule has 1 unspecified atom stereocenters. The number of benzene rings is 1. The lowest BCUT2D eigenvalue weighted by Crippen LogP contribution is -2.14. The van der Waals surface area contributed by atoms with Crippen LogP contribution in [0, 0.1) is 11.6 Å². The number of hydrogen-bond donors (Lipinski definition) is 1. The van der Waals surface area contributed by atoms with Crippen LogP contribution in [-0.4, -0.2) is 6.04 Å². The number of allylic oxidation sites excluding steroid dienone is 1. The van der Waals surface area contributed by atoms with Gasteiger partial charge in [-0.2, -0.15) is 0 Å². The molecule has 0 amide bonds. The average Bonchev–Trinajstić information content (AvgIpc) is 2.20. The molecule has 82 valence electrons. The molecule has 1 aromatic carbocycles. The Morgan fingerprint density at radius 2 is 2.13 bits per heavy atom. The van der Waals surface area contributed by atoms with Crippen LogP contribution >= 0.6 is 0 Å². The lowest BCUT2D eigenvalue weighted by Gasteiger charge is -2.14. The molecule has 0 fully saturated rings. The van der Waals surface area contributed by atoms with Crippen LogP contribution in [0.3, 0.4) is 0 Å². The Morgan fingerprint density at radius 3 is 2.73 bits per heavy atom. The molecule has 0 radical (unpaired) electrons. The summed E-state index contributed by atoms with van der Waals surface area (Å²) in [7, 11) is 0. The summed E-state index contributed by atoms with van der Waals surface area (Å²) in [6, 6.07) is 4.04. The van der Waals surface area contributed by atoms with Crippen molar-refractivity contribution < 1.29 is 8.78 Å². The standard InChI is InChI=1S/C12H15F2N/c1-3-4-5-9(2)15-10-6-7-11(13)12(14)8-10/h3,6-9,15H,1,4-5H2,2H3. The molecule has 1 nitrogen and oxygen atoms in total. The van der Waals surface area contributed by atoms with Crippen LogP contribution in [0.2, 0.25) is 0 Å². The molecular formula is C12H15F2N. The molecular weight excluding hydrogens is 196 g/mol. The van der Waals surface area contributed by atoms with Crippen LogP contribution in [0.1, 0.15) is 19.8 Å². The van der Waals surface area contributed by atoms with Gasteiger partial charge >= 0.3 is 0 Å². The van der Waals surface area contributed by atoms with E-state index in [1.807, 2.05) is 13.0 Å². The number of anilines is 1. The summed E-state index contributed by atoms with van der Waals surface area (Å²) in [5.74, 6) is -1.64. The van der Waals surface area contributed by atoms with Crippen molar-refractivity contribution in [3.05, 3.63) is 42.5 Å². The van der Waals surface area contributed by atoms with Crippen molar-refractivity contribution in [2.75, 3.05) is 5.32 Å². The zero-order chi connectivity index (χ0) is 11.3. The van der Waals surface area contributed by atoms with Crippen LogP contribution in [-0.2, 0) is 0 Å². The Morgan fingerprint density at radius 1 is 1.40 bits per heavy atom. The molecule has 0 aliphatic rings. The minimum Gasteiger partial charge on any atom is -0.382 e. The van der Waals surface area contributed by atoms with Gasteiger partial charge in [-0.1, -0.05) is 6.08 Å². The van der Waals surface area contributed by atoms with Crippen molar-refractivity contribution in [3.8, 4) is 0 Å². The molecule has 0 bridgehead atoms. The van der Waals surface area contributed by atoms with E-state index >= 15 is 0 Å². The molecule has 0 aromatic heterocycles. The molecule has 15 heavy (non-hydrogen) atoms. The third kappa shape index (κ3) is 3.70. The Hall–Kier alpha value is -1.38. The van der Waals surface area contributed by atoms with E-state index in [0.717, 1.165) is 18.9 Å². The first kappa shape index (κ1) is 11.7. The van der Waals surface area contributed by atoms with E-state index in [2.05, 4.69) is 11.9 Å². The van der Waals surface area contributed by atoms with Crippen LogP contribution in [0.15, 0.2) is 30.9 Å². The third-order valence-corrected chi connectivity index (χ3v) is 2.14. The number of halogens is 2. The number of hydrogen-bond acceptors (Lipinski definition) is 1. The van der Waals surface area contributed by atoms with E-state index in [1.54, 1.807) is 0 Å². The highest BCUT2D eigenvalue weighted by molar-refractivity contribution is 5.44. The van der Waals surface area contributed by atoms with Crippen LogP contribution in [0.4, 0.5) is 14.5 Å². The third-order valence-electron chi connectivity index (χ3n) is 2.14. The van der Waals surface area contributed by atoms with Crippen molar-refractivity contribution in [2.24, 2.45) is 0 Å². The zero-order valence-corrected chi connectivity index (χ0v) is 8.76. The second-order valence-electron chi connectivity index (χ2n) is 3.54. The van der Waals surface area contributed by atoms with Crippen molar-refractivity contribution in [1.82, 2.24) is 0 Å². The predicted octanol–water partition coefficient (Wildman–Crippen LogP) is 3.73. The van der Waals surface area contributed by atoms with E-state index in [9.17, 15) is 8.78 Å². The van der Waals surface area contributed by atoms with Crippen LogP contribution < -0.4 is 5.32 Å². The van der Waals surface area contributed by atoms with Gasteiger partial charge in [-0.25, -0.2) is 8.78 Å². The highest BCUT2D eigenvalue weighted by Gasteiger charge is 2.04. The maximum absolute atomic E-state index is 12.9. The first-order valence-corrected chi connectivity index (χ1v) is 4.96. The van der Waals surface area contributed by atoms with E-state index < -0.39 is 11.6 Å². The van der Waals surface area contributed by atoms with Gasteiger partial charge in [0.25, 0.3) is 0 Å². The Bertz CT molecular complexity index is 336. The summed E-state index contributed by atoms with van der Waals surface area (Å²) in [4.78, 5) is 0. The monoisotopic (exact) mass is 211 g/mol. The molecule has 1 aromatic rings. The van der Waals surface area contributed by atoms with Crippen LogP contribution in [0.25, 0.3) is 0 Å². The Kier molecular flexibility index (Phi) is 4.28. The quantitative estimate of drug-likeness (QED) is 0.732. The van der Waals surface area contributed by atoms with Gasteiger partial charge in [0.2, 0.25) is 0 Å². The maximum atomic E-state index is 12.9. The fraction of sp³-hybridized carbons (Fsp3) is 0.333. The highest BCUT2D eigenvalue weighted by atomic mass is 19.2. The fourth-order valence-corrected chi connectivity index (χ4v) is 1.31. The maximum Gasteiger partial charge on any atom is 0.160 e. The van der Waals surface area contributed by atoms with E-state index in [0.29, 0.717) is 5.69 Å². The predicted molar refractivity (Wildman–Crippen MR) is 58.9 cm³/mol. The van der Waals surface area contributed by atoms with E-state index in [-0.39, 0.29) is 6.04 Å². The second-order valence-corrected chi connectivity index (χ2v) is 3.54. The van der Waals surface area contributed by atoms with Gasteiger partial charge in [-0.15, -0.1) is 6.58 Å². The van der Waals surface area contributed by atoms with Crippen molar-refractivity contribution >= 4 is 5.69 Å². The smallest absolute Gasteiger partial charge is 0.160 e. The van der Waals surface area contributed by atoms with Gasteiger partial charge < -0.3 is 5.32 Å². The molecule has 0 aliphatic heterocycles. The number of nitrogens with one attached hydrogen (secondary N) is 1. The molecule has 1 N–H and O–H groups in total. The Labute approximate surface area is 88.8 Å². The molecule has 0 saturated carbocycles. The summed E-state index contributed by atoms with van der Waals surface area (Å²) in [6.07, 6.45) is 3.66. The molecule has 0 spiro atoms. The first-order chi connectivity index (χ1) is 7.13. The highest BCUT2D eigenvalue weighted by Crippen LogP contribution is 2.15. The van der Waals surface area contributed by atoms with Gasteiger partial charge in [0, 0.05) is 17.8 Å². The molecule has 0 saturated heterocycles. The number of rotatable bonds is 5. The molecule has 1 rings (SSSR count). The van der Waals surface area contributed by atoms with Gasteiger partial charge in [0.05, 0.1) is 0 Å². The minimum absolute atomic E-state index is 0.216. The molecule has 3 heteroatoms. The summed E-state index contributed by atoms with van der Waals surface area (Å²) in [5.41, 5.74) is 0.602. The summed E-state index contributed by atoms with van der Waals surface area (Å²) < 4.78 is 25.5. The molecule has 0 aliphatic carbocycles. The van der Waals surface area contributed by atoms with Crippen molar-refractivity contribution in [2.45, 2.75) is 25.8 Å². The molecule has 0 heterocycles. The Balaban J connectivity index is 2.56. The summed E-state index contributed by atoms with van der Waals surface area (Å²) >= 11 is 0. The largest absolute Gasteiger partial charge is 0.382 e. The SMILES string of the molecule is C=CCCC(C)Nc1ccc(F)c(F)c1. The summed E-state index contributed by atoms with van der Waals surface area (Å²) in [6.45, 7) is 5.62. The lowest BCUT2D eigenvalue weighted by molar-refractivity contribution is 0.509. The minimum atomic E-state index is -0.823. The van der Waals surface area contributed by atoms with Gasteiger partial charge in [-0.3, -0.25) is 0 Å². The van der Waals surface area contributed by atoms with Crippen LogP contribution in [0.5, 0.6) is 0 Å². The second kappa shape index (κ2) is 5.49. The zero-order valence-electron chi connectivity index (χ0n) is 8.76. The normalized spacial score (nSPS) is 12.2. The first-order valence-electron chi connectivity index (χ1n) is 4.96. The lowest BCUT2D eigenvalue weighted by atomic mass is 10.1. The van der Waals surface area contributed by atoms with Crippen molar-refractivity contribution in [1.29, 1.82) is 0 Å². The average molecular weight is 211 g/mol. The van der Waals surface area contributed by atoms with E-state index in [1.165, 1.54) is 12.1 Å². The van der Waals surface area contributed by atoms with Gasteiger partial charge in [0.15, 0.2) is 11.6 Å². The van der Waals surface area contributed by atoms with Gasteiger partial charge in [-0.05, 0) is 31.9 Å².